The van der Waals surface area contributed by atoms with Crippen LogP contribution < -0.4 is 5.32 Å². The quantitative estimate of drug-likeness (QED) is 0.810. The van der Waals surface area contributed by atoms with Crippen LogP contribution >= 0.6 is 27.5 Å². The van der Waals surface area contributed by atoms with Gasteiger partial charge in [-0.3, -0.25) is 0 Å². The van der Waals surface area contributed by atoms with Gasteiger partial charge in [0.1, 0.15) is 0 Å². The topological polar surface area (TPSA) is 12.0 Å². The first-order valence-corrected chi connectivity index (χ1v) is 5.99. The Morgan fingerprint density at radius 3 is 2.86 bits per heavy atom. The highest BCUT2D eigenvalue weighted by atomic mass is 79.9. The van der Waals surface area contributed by atoms with E-state index in [1.807, 2.05) is 19.2 Å². The molecular weight excluding hydrogens is 261 g/mol. The van der Waals surface area contributed by atoms with Crippen LogP contribution in [0.3, 0.4) is 0 Å². The van der Waals surface area contributed by atoms with Gasteiger partial charge in [-0.2, -0.15) is 0 Å². The van der Waals surface area contributed by atoms with Crippen LogP contribution in [0.1, 0.15) is 18.4 Å². The molecule has 78 valence electrons. The summed E-state index contributed by atoms with van der Waals surface area (Å²) < 4.78 is 1.10. The van der Waals surface area contributed by atoms with Gasteiger partial charge in [-0.1, -0.05) is 27.5 Å². The lowest BCUT2D eigenvalue weighted by Gasteiger charge is -2.04. The SMILES string of the molecule is CNCCCCc1cc(Br)ccc1Cl. The smallest absolute Gasteiger partial charge is 0.0438 e. The van der Waals surface area contributed by atoms with Crippen molar-refractivity contribution in [2.24, 2.45) is 0 Å². The minimum absolute atomic E-state index is 0.873. The predicted octanol–water partition coefficient (Wildman–Crippen LogP) is 3.64. The molecule has 0 aromatic heterocycles. The van der Waals surface area contributed by atoms with Crippen molar-refractivity contribution in [2.45, 2.75) is 19.3 Å². The van der Waals surface area contributed by atoms with Gasteiger partial charge in [0, 0.05) is 9.50 Å². The van der Waals surface area contributed by atoms with Gasteiger partial charge >= 0.3 is 0 Å². The number of nitrogens with one attached hydrogen (secondary N) is 1. The first-order chi connectivity index (χ1) is 6.74. The van der Waals surface area contributed by atoms with Crippen LogP contribution in [-0.2, 0) is 6.42 Å². The summed E-state index contributed by atoms with van der Waals surface area (Å²) in [6.07, 6.45) is 3.43. The molecule has 0 aliphatic rings. The van der Waals surface area contributed by atoms with E-state index in [-0.39, 0.29) is 0 Å². The second-order valence-electron chi connectivity index (χ2n) is 3.30. The zero-order valence-electron chi connectivity index (χ0n) is 8.32. The molecule has 0 aliphatic carbocycles. The van der Waals surface area contributed by atoms with E-state index in [2.05, 4.69) is 27.3 Å². The monoisotopic (exact) mass is 275 g/mol. The number of hydrogen-bond acceptors (Lipinski definition) is 1. The van der Waals surface area contributed by atoms with E-state index in [0.29, 0.717) is 0 Å². The molecule has 1 rings (SSSR count). The summed E-state index contributed by atoms with van der Waals surface area (Å²) >= 11 is 9.52. The summed E-state index contributed by atoms with van der Waals surface area (Å²) in [6.45, 7) is 1.08. The van der Waals surface area contributed by atoms with E-state index in [4.69, 9.17) is 11.6 Å². The highest BCUT2D eigenvalue weighted by molar-refractivity contribution is 9.10. The first-order valence-electron chi connectivity index (χ1n) is 4.82. The van der Waals surface area contributed by atoms with E-state index < -0.39 is 0 Å². The lowest BCUT2D eigenvalue weighted by Crippen LogP contribution is -2.07. The van der Waals surface area contributed by atoms with Crippen molar-refractivity contribution in [2.75, 3.05) is 13.6 Å². The lowest BCUT2D eigenvalue weighted by molar-refractivity contribution is 0.677. The highest BCUT2D eigenvalue weighted by Crippen LogP contribution is 2.22. The standard InChI is InChI=1S/C11H15BrClN/c1-14-7-3-2-4-9-8-10(12)5-6-11(9)13/h5-6,8,14H,2-4,7H2,1H3. The average Bonchev–Trinajstić information content (AvgIpc) is 2.18. The van der Waals surface area contributed by atoms with Crippen molar-refractivity contribution in [1.29, 1.82) is 0 Å². The summed E-state index contributed by atoms with van der Waals surface area (Å²) in [4.78, 5) is 0. The van der Waals surface area contributed by atoms with Crippen LogP contribution in [0.2, 0.25) is 5.02 Å². The first kappa shape index (κ1) is 12.0. The fourth-order valence-electron chi connectivity index (χ4n) is 1.35. The fraction of sp³-hybridized carbons (Fsp3) is 0.455. The molecule has 0 saturated heterocycles. The number of halogens is 2. The number of aryl methyl sites for hydroxylation is 1. The summed E-state index contributed by atoms with van der Waals surface area (Å²) in [5, 5.41) is 4.01. The number of unbranched alkanes of at least 4 members (excludes halogenated alkanes) is 1. The summed E-state index contributed by atoms with van der Waals surface area (Å²) in [7, 11) is 1.98. The highest BCUT2D eigenvalue weighted by Gasteiger charge is 2.00. The molecule has 1 N–H and O–H groups in total. The van der Waals surface area contributed by atoms with Gasteiger partial charge < -0.3 is 5.32 Å². The number of benzene rings is 1. The van der Waals surface area contributed by atoms with Gasteiger partial charge in [0.05, 0.1) is 0 Å². The van der Waals surface area contributed by atoms with Crippen LogP contribution in [0.25, 0.3) is 0 Å². The second kappa shape index (κ2) is 6.44. The van der Waals surface area contributed by atoms with Gasteiger partial charge in [-0.15, -0.1) is 0 Å². The molecule has 0 heterocycles. The zero-order valence-corrected chi connectivity index (χ0v) is 10.7. The van der Waals surface area contributed by atoms with Crippen molar-refractivity contribution in [1.82, 2.24) is 5.32 Å². The van der Waals surface area contributed by atoms with Crippen LogP contribution in [0, 0.1) is 0 Å². The molecule has 0 bridgehead atoms. The van der Waals surface area contributed by atoms with Crippen LogP contribution in [0.4, 0.5) is 0 Å². The Morgan fingerprint density at radius 1 is 1.36 bits per heavy atom. The number of rotatable bonds is 5. The van der Waals surface area contributed by atoms with E-state index in [1.165, 1.54) is 18.4 Å². The summed E-state index contributed by atoms with van der Waals surface area (Å²) in [5.74, 6) is 0. The Balaban J connectivity index is 2.45. The van der Waals surface area contributed by atoms with Crippen molar-refractivity contribution in [3.8, 4) is 0 Å². The van der Waals surface area contributed by atoms with Crippen LogP contribution in [0.15, 0.2) is 22.7 Å². The molecule has 0 amide bonds. The molecule has 1 aromatic rings. The fourth-order valence-corrected chi connectivity index (χ4v) is 1.97. The molecule has 0 unspecified atom stereocenters. The van der Waals surface area contributed by atoms with Crippen molar-refractivity contribution < 1.29 is 0 Å². The third kappa shape index (κ3) is 3.99. The maximum Gasteiger partial charge on any atom is 0.0438 e. The second-order valence-corrected chi connectivity index (χ2v) is 4.62. The molecule has 0 aliphatic heterocycles. The summed E-state index contributed by atoms with van der Waals surface area (Å²) in [5.41, 5.74) is 1.23. The molecule has 0 fully saturated rings. The third-order valence-corrected chi connectivity index (χ3v) is 2.99. The van der Waals surface area contributed by atoms with Crippen LogP contribution in [0.5, 0.6) is 0 Å². The van der Waals surface area contributed by atoms with E-state index in [9.17, 15) is 0 Å². The molecule has 1 nitrogen and oxygen atoms in total. The van der Waals surface area contributed by atoms with Crippen molar-refractivity contribution in [3.63, 3.8) is 0 Å². The molecule has 0 atom stereocenters. The van der Waals surface area contributed by atoms with Gasteiger partial charge in [0.25, 0.3) is 0 Å². The molecule has 1 aromatic carbocycles. The zero-order chi connectivity index (χ0) is 10.4. The predicted molar refractivity (Wildman–Crippen MR) is 66.0 cm³/mol. The maximum absolute atomic E-state index is 6.07. The van der Waals surface area contributed by atoms with Crippen molar-refractivity contribution >= 4 is 27.5 Å². The van der Waals surface area contributed by atoms with Crippen molar-refractivity contribution in [3.05, 3.63) is 33.3 Å². The molecular formula is C11H15BrClN. The molecule has 0 spiro atoms. The largest absolute Gasteiger partial charge is 0.320 e. The van der Waals surface area contributed by atoms with E-state index >= 15 is 0 Å². The Hall–Kier alpha value is -0.0500. The van der Waals surface area contributed by atoms with Gasteiger partial charge in [0.2, 0.25) is 0 Å². The van der Waals surface area contributed by atoms with Gasteiger partial charge in [-0.25, -0.2) is 0 Å². The van der Waals surface area contributed by atoms with Crippen LogP contribution in [-0.4, -0.2) is 13.6 Å². The molecule has 3 heteroatoms. The van der Waals surface area contributed by atoms with Gasteiger partial charge in [0.15, 0.2) is 0 Å². The lowest BCUT2D eigenvalue weighted by atomic mass is 10.1. The minimum Gasteiger partial charge on any atom is -0.320 e. The Morgan fingerprint density at radius 2 is 2.14 bits per heavy atom. The van der Waals surface area contributed by atoms with Gasteiger partial charge in [-0.05, 0) is 56.6 Å². The number of hydrogen-bond donors (Lipinski definition) is 1. The Labute approximate surface area is 99.0 Å². The Kier molecular flexibility index (Phi) is 5.53. The van der Waals surface area contributed by atoms with E-state index in [1.54, 1.807) is 0 Å². The molecule has 14 heavy (non-hydrogen) atoms. The minimum atomic E-state index is 0.873. The van der Waals surface area contributed by atoms with E-state index in [0.717, 1.165) is 22.5 Å². The normalized spacial score (nSPS) is 10.5. The molecule has 0 radical (unpaired) electrons. The Bertz CT molecular complexity index is 289. The average molecular weight is 277 g/mol. The summed E-state index contributed by atoms with van der Waals surface area (Å²) in [6, 6.07) is 6.01. The molecule has 0 saturated carbocycles. The maximum atomic E-state index is 6.07. The third-order valence-electron chi connectivity index (χ3n) is 2.13.